The summed E-state index contributed by atoms with van der Waals surface area (Å²) in [5.74, 6) is -1.24. The van der Waals surface area contributed by atoms with Crippen LogP contribution >= 0.6 is 0 Å². The number of fused-ring (bicyclic) bond motifs is 2. The monoisotopic (exact) mass is 523 g/mol. The van der Waals surface area contributed by atoms with Crippen LogP contribution in [0, 0.1) is 17.7 Å². The second kappa shape index (κ2) is 10.1. The number of carbonyl (C=O) groups excluding carboxylic acids is 2. The summed E-state index contributed by atoms with van der Waals surface area (Å²) in [5, 5.41) is 18.2. The van der Waals surface area contributed by atoms with Gasteiger partial charge in [0, 0.05) is 30.0 Å². The van der Waals surface area contributed by atoms with Crippen LogP contribution in [0.4, 0.5) is 5.69 Å². The smallest absolute Gasteiger partial charge is 0.261 e. The second-order valence-electron chi connectivity index (χ2n) is 11.4. The molecule has 4 rings (SSSR count). The highest BCUT2D eigenvalue weighted by atomic mass is 16.3. The SMILES string of the molecule is Cc1ccc(N=O)cc1C12CCN(C)C(C)C1(O)Cc1cc(C(=O)NC(CC(C)C)C(N)=O)c(=O)[nH]c1C2. The first-order valence-corrected chi connectivity index (χ1v) is 13.1. The number of H-pyrrole nitrogens is 1. The van der Waals surface area contributed by atoms with E-state index in [0.717, 1.165) is 11.1 Å². The van der Waals surface area contributed by atoms with E-state index in [-0.39, 0.29) is 29.6 Å². The summed E-state index contributed by atoms with van der Waals surface area (Å²) in [5.41, 5.74) is 6.08. The molecule has 4 atom stereocenters. The maximum atomic E-state index is 13.1. The maximum Gasteiger partial charge on any atom is 0.261 e. The molecule has 2 aliphatic rings. The fourth-order valence-electron chi connectivity index (χ4n) is 6.39. The Kier molecular flexibility index (Phi) is 7.33. The van der Waals surface area contributed by atoms with Gasteiger partial charge in [0.1, 0.15) is 17.3 Å². The van der Waals surface area contributed by atoms with E-state index in [2.05, 4.69) is 20.4 Å². The highest BCUT2D eigenvalue weighted by Crippen LogP contribution is 2.53. The van der Waals surface area contributed by atoms with Gasteiger partial charge in [-0.15, -0.1) is 4.91 Å². The fourth-order valence-corrected chi connectivity index (χ4v) is 6.39. The number of hydrogen-bond acceptors (Lipinski definition) is 7. The van der Waals surface area contributed by atoms with E-state index < -0.39 is 34.4 Å². The lowest BCUT2D eigenvalue weighted by atomic mass is 9.53. The molecule has 5 N–H and O–H groups in total. The van der Waals surface area contributed by atoms with Crippen molar-refractivity contribution in [2.45, 2.75) is 76.5 Å². The molecule has 2 amide bonds. The third-order valence-electron chi connectivity index (χ3n) is 8.67. The Labute approximate surface area is 222 Å². The molecule has 1 aromatic carbocycles. The van der Waals surface area contributed by atoms with Crippen molar-refractivity contribution >= 4 is 17.5 Å². The van der Waals surface area contributed by atoms with Gasteiger partial charge >= 0.3 is 0 Å². The van der Waals surface area contributed by atoms with Crippen molar-refractivity contribution < 1.29 is 14.7 Å². The Morgan fingerprint density at radius 1 is 1.29 bits per heavy atom. The lowest BCUT2D eigenvalue weighted by molar-refractivity contribution is -0.132. The van der Waals surface area contributed by atoms with E-state index in [0.29, 0.717) is 37.1 Å². The first-order chi connectivity index (χ1) is 17.8. The molecule has 1 aliphatic carbocycles. The minimum Gasteiger partial charge on any atom is -0.387 e. The van der Waals surface area contributed by atoms with E-state index >= 15 is 0 Å². The summed E-state index contributed by atoms with van der Waals surface area (Å²) in [4.78, 5) is 54.5. The quantitative estimate of drug-likeness (QED) is 0.407. The molecule has 1 saturated heterocycles. The number of aliphatic hydroxyl groups is 1. The number of primary amides is 1. The number of nitrogens with one attached hydrogen (secondary N) is 2. The van der Waals surface area contributed by atoms with Gasteiger partial charge in [-0.25, -0.2) is 0 Å². The minimum absolute atomic E-state index is 0.109. The topological polar surface area (TPSA) is 158 Å². The predicted molar refractivity (Wildman–Crippen MR) is 144 cm³/mol. The number of hydrogen-bond donors (Lipinski definition) is 4. The molecule has 10 heteroatoms. The summed E-state index contributed by atoms with van der Waals surface area (Å²) in [6.07, 6.45) is 1.47. The number of carbonyl (C=O) groups is 2. The number of aryl methyl sites for hydroxylation is 1. The molecule has 0 spiro atoms. The van der Waals surface area contributed by atoms with Gasteiger partial charge in [-0.1, -0.05) is 19.9 Å². The van der Waals surface area contributed by atoms with Crippen LogP contribution in [-0.2, 0) is 23.1 Å². The van der Waals surface area contributed by atoms with Gasteiger partial charge in [0.05, 0.1) is 5.60 Å². The van der Waals surface area contributed by atoms with Crippen LogP contribution in [-0.4, -0.2) is 58.1 Å². The standard InChI is InChI=1S/C28H37N5O5/c1-15(2)10-22(24(29)34)30-25(35)20-11-18-13-28(37)17(4)33(5)9-8-27(28,14-23(18)31-26(20)36)21-12-19(32-38)7-6-16(21)3/h6-7,11-12,15,17,22,37H,8-10,13-14H2,1-5H3,(H2,29,34)(H,30,35)(H,31,36). The number of nitrogens with zero attached hydrogens (tertiary/aromatic N) is 2. The third-order valence-corrected chi connectivity index (χ3v) is 8.67. The number of likely N-dealkylation sites (tertiary alicyclic amines) is 1. The molecule has 10 nitrogen and oxygen atoms in total. The molecule has 4 unspecified atom stereocenters. The van der Waals surface area contributed by atoms with Crippen molar-refractivity contribution in [3.63, 3.8) is 0 Å². The van der Waals surface area contributed by atoms with Crippen molar-refractivity contribution in [1.29, 1.82) is 0 Å². The van der Waals surface area contributed by atoms with Gasteiger partial charge in [0.15, 0.2) is 0 Å². The molecular weight excluding hydrogens is 486 g/mol. The van der Waals surface area contributed by atoms with Crippen LogP contribution in [0.25, 0.3) is 0 Å². The lowest BCUT2D eigenvalue weighted by Crippen LogP contribution is -2.70. The molecule has 0 saturated carbocycles. The van der Waals surface area contributed by atoms with Crippen LogP contribution in [0.3, 0.4) is 0 Å². The summed E-state index contributed by atoms with van der Waals surface area (Å²) < 4.78 is 0. The number of nitrogens with two attached hydrogens (primary N) is 1. The summed E-state index contributed by atoms with van der Waals surface area (Å²) in [6, 6.07) is 5.60. The van der Waals surface area contributed by atoms with Gasteiger partial charge in [-0.2, -0.15) is 0 Å². The largest absolute Gasteiger partial charge is 0.387 e. The number of benzene rings is 1. The van der Waals surface area contributed by atoms with Crippen molar-refractivity contribution in [2.24, 2.45) is 16.8 Å². The zero-order valence-electron chi connectivity index (χ0n) is 22.6. The van der Waals surface area contributed by atoms with Gasteiger partial charge < -0.3 is 26.0 Å². The number of pyridine rings is 1. The van der Waals surface area contributed by atoms with E-state index in [4.69, 9.17) is 5.73 Å². The molecule has 204 valence electrons. The van der Waals surface area contributed by atoms with E-state index in [1.165, 1.54) is 6.07 Å². The molecule has 2 heterocycles. The number of piperidine rings is 1. The van der Waals surface area contributed by atoms with Crippen LogP contribution < -0.4 is 16.6 Å². The number of rotatable bonds is 7. The van der Waals surface area contributed by atoms with E-state index in [9.17, 15) is 24.4 Å². The summed E-state index contributed by atoms with van der Waals surface area (Å²) >= 11 is 0. The summed E-state index contributed by atoms with van der Waals surface area (Å²) in [6.45, 7) is 8.45. The fraction of sp³-hybridized carbons (Fsp3) is 0.536. The number of likely N-dealkylation sites (N-methyl/N-ethyl adjacent to an activating group) is 1. The molecule has 1 fully saturated rings. The minimum atomic E-state index is -1.27. The number of amides is 2. The highest BCUT2D eigenvalue weighted by Gasteiger charge is 2.60. The highest BCUT2D eigenvalue weighted by molar-refractivity contribution is 5.97. The number of nitroso groups, excluding NO2 is 1. The van der Waals surface area contributed by atoms with Gasteiger partial charge in [0.2, 0.25) is 5.91 Å². The predicted octanol–water partition coefficient (Wildman–Crippen LogP) is 2.20. The number of aromatic amines is 1. The Bertz CT molecular complexity index is 1340. The van der Waals surface area contributed by atoms with Crippen LogP contribution in [0.15, 0.2) is 34.2 Å². The molecule has 2 aromatic rings. The first-order valence-electron chi connectivity index (χ1n) is 13.1. The van der Waals surface area contributed by atoms with Crippen LogP contribution in [0.2, 0.25) is 0 Å². The lowest BCUT2D eigenvalue weighted by Gasteiger charge is -2.59. The van der Waals surface area contributed by atoms with Crippen LogP contribution in [0.1, 0.15) is 66.4 Å². The average molecular weight is 524 g/mol. The summed E-state index contributed by atoms with van der Waals surface area (Å²) in [7, 11) is 1.96. The van der Waals surface area contributed by atoms with Crippen molar-refractivity contribution in [3.8, 4) is 0 Å². The van der Waals surface area contributed by atoms with E-state index in [1.54, 1.807) is 12.1 Å². The van der Waals surface area contributed by atoms with Crippen molar-refractivity contribution in [1.82, 2.24) is 15.2 Å². The van der Waals surface area contributed by atoms with Crippen molar-refractivity contribution in [3.05, 3.63) is 67.5 Å². The molecule has 38 heavy (non-hydrogen) atoms. The molecule has 1 aromatic heterocycles. The normalized spacial score (nSPS) is 25.8. The zero-order chi connectivity index (χ0) is 28.0. The zero-order valence-corrected chi connectivity index (χ0v) is 22.6. The average Bonchev–Trinajstić information content (AvgIpc) is 2.85. The molecule has 1 aliphatic heterocycles. The number of aromatic nitrogens is 1. The molecular formula is C28H37N5O5. The van der Waals surface area contributed by atoms with Gasteiger partial charge in [-0.05, 0) is 86.3 Å². The van der Waals surface area contributed by atoms with Gasteiger partial charge in [-0.3, -0.25) is 14.4 Å². The second-order valence-corrected chi connectivity index (χ2v) is 11.4. The van der Waals surface area contributed by atoms with Gasteiger partial charge in [0.25, 0.3) is 11.5 Å². The van der Waals surface area contributed by atoms with Crippen molar-refractivity contribution in [2.75, 3.05) is 13.6 Å². The Balaban J connectivity index is 1.81. The Morgan fingerprint density at radius 2 is 2.00 bits per heavy atom. The Morgan fingerprint density at radius 3 is 2.63 bits per heavy atom. The molecule has 0 radical (unpaired) electrons. The maximum absolute atomic E-state index is 13.1. The van der Waals surface area contributed by atoms with E-state index in [1.807, 2.05) is 40.8 Å². The Hall–Kier alpha value is -3.37. The third kappa shape index (κ3) is 4.56. The van der Waals surface area contributed by atoms with Crippen LogP contribution in [0.5, 0.6) is 0 Å². The molecule has 0 bridgehead atoms. The first kappa shape index (κ1) is 27.7.